The van der Waals surface area contributed by atoms with Crippen LogP contribution in [0.3, 0.4) is 0 Å². The quantitative estimate of drug-likeness (QED) is 0.388. The second-order valence-corrected chi connectivity index (χ2v) is 12.7. The lowest BCUT2D eigenvalue weighted by Gasteiger charge is -2.26. The molecule has 5 nitrogen and oxygen atoms in total. The molecule has 35 heavy (non-hydrogen) atoms. The second kappa shape index (κ2) is 7.73. The summed E-state index contributed by atoms with van der Waals surface area (Å²) >= 11 is 0. The highest BCUT2D eigenvalue weighted by Crippen LogP contribution is 2.70. The molecule has 0 N–H and O–H groups in total. The van der Waals surface area contributed by atoms with Gasteiger partial charge in [-0.3, -0.25) is 0 Å². The number of rotatable bonds is 5. The molecule has 0 spiro atoms. The van der Waals surface area contributed by atoms with Gasteiger partial charge in [0, 0.05) is 29.8 Å². The lowest BCUT2D eigenvalue weighted by Crippen LogP contribution is -2.38. The minimum absolute atomic E-state index is 0.238. The van der Waals surface area contributed by atoms with Gasteiger partial charge in [0.1, 0.15) is 5.82 Å². The van der Waals surface area contributed by atoms with Gasteiger partial charge in [0.2, 0.25) is 10.0 Å². The number of hydrogen-bond donors (Lipinski definition) is 0. The van der Waals surface area contributed by atoms with Crippen molar-refractivity contribution in [2.75, 3.05) is 13.1 Å². The van der Waals surface area contributed by atoms with E-state index in [9.17, 15) is 12.8 Å². The highest BCUT2D eigenvalue weighted by molar-refractivity contribution is 7.89. The molecule has 1 saturated carbocycles. The molecule has 1 aliphatic heterocycles. The Kier molecular flexibility index (Phi) is 4.96. The third-order valence-corrected chi connectivity index (χ3v) is 10.1. The predicted molar refractivity (Wildman–Crippen MR) is 136 cm³/mol. The van der Waals surface area contributed by atoms with Crippen LogP contribution >= 0.6 is 0 Å². The van der Waals surface area contributed by atoms with Crippen LogP contribution in [-0.4, -0.2) is 40.8 Å². The average molecular weight is 490 g/mol. The molecule has 3 aromatic carbocycles. The second-order valence-electron chi connectivity index (χ2n) is 10.2. The number of piperidine rings is 1. The fraction of sp³-hybridized carbons (Fsp3) is 0.321. The lowest BCUT2D eigenvalue weighted by molar-refractivity contribution is 0.416. The molecular formula is C28H28FN3O2S. The van der Waals surface area contributed by atoms with Gasteiger partial charge in [-0.15, -0.1) is 0 Å². The summed E-state index contributed by atoms with van der Waals surface area (Å²) in [5, 5.41) is 5.14. The Morgan fingerprint density at radius 1 is 1.06 bits per heavy atom. The van der Waals surface area contributed by atoms with Gasteiger partial charge < -0.3 is 0 Å². The molecule has 6 rings (SSSR count). The Morgan fingerprint density at radius 2 is 1.77 bits per heavy atom. The Hall–Kier alpha value is -3.03. The van der Waals surface area contributed by atoms with Gasteiger partial charge in [0.15, 0.2) is 0 Å². The Morgan fingerprint density at radius 3 is 2.46 bits per heavy atom. The van der Waals surface area contributed by atoms with Crippen LogP contribution in [0, 0.1) is 18.7 Å². The van der Waals surface area contributed by atoms with E-state index in [0.717, 1.165) is 22.2 Å². The van der Waals surface area contributed by atoms with Crippen LogP contribution in [0.2, 0.25) is 0 Å². The molecular weight excluding hydrogens is 461 g/mol. The fourth-order valence-electron chi connectivity index (χ4n) is 6.18. The smallest absolute Gasteiger partial charge is 0.216 e. The van der Waals surface area contributed by atoms with E-state index >= 15 is 0 Å². The number of sulfonamides is 1. The zero-order valence-corrected chi connectivity index (χ0v) is 20.8. The summed E-state index contributed by atoms with van der Waals surface area (Å²) in [5.74, 6) is 0.240. The number of fused-ring (bicyclic) bond motifs is 2. The molecule has 0 amide bonds. The van der Waals surface area contributed by atoms with Crippen molar-refractivity contribution in [2.45, 2.75) is 37.4 Å². The summed E-state index contributed by atoms with van der Waals surface area (Å²) in [6.07, 6.45) is 1.84. The summed E-state index contributed by atoms with van der Waals surface area (Å²) in [4.78, 5) is 0. The van der Waals surface area contributed by atoms with Crippen LogP contribution in [0.5, 0.6) is 0 Å². The normalized spacial score (nSPS) is 24.3. The maximum atomic E-state index is 13.4. The fourth-order valence-corrected chi connectivity index (χ4v) is 7.54. The molecule has 2 heterocycles. The molecule has 2 fully saturated rings. The minimum Gasteiger partial charge on any atom is -0.233 e. The van der Waals surface area contributed by atoms with Crippen LogP contribution in [0.1, 0.15) is 36.5 Å². The van der Waals surface area contributed by atoms with Crippen LogP contribution < -0.4 is 0 Å². The standard InChI is InChI=1S/C28H28FN3O2S/c1-18(2)35(33,34)31-16-25-27(20-7-5-4-6-8-20)28(25,17-31)24-14-21-15-30-32(26(21)13-19(24)3)23-11-9-22(29)10-12-23/h4-15,18,25,27H,16-17H2,1-3H3/t25-,27-,28+/m1/s1. The van der Waals surface area contributed by atoms with E-state index in [1.165, 1.54) is 23.3 Å². The molecule has 1 aromatic heterocycles. The summed E-state index contributed by atoms with van der Waals surface area (Å²) in [6, 6.07) is 21.1. The SMILES string of the molecule is Cc1cc2c(cnn2-c2ccc(F)cc2)cc1[C@@]12CN(S(=O)(=O)C(C)C)C[C@@H]1[C@H]2c1ccccc1. The zero-order chi connectivity index (χ0) is 24.5. The molecule has 1 aliphatic carbocycles. The molecule has 4 aromatic rings. The van der Waals surface area contributed by atoms with Crippen molar-refractivity contribution < 1.29 is 12.8 Å². The van der Waals surface area contributed by atoms with Crippen molar-refractivity contribution in [1.82, 2.24) is 14.1 Å². The van der Waals surface area contributed by atoms with Crippen molar-refractivity contribution in [3.63, 3.8) is 0 Å². The topological polar surface area (TPSA) is 55.2 Å². The van der Waals surface area contributed by atoms with Crippen molar-refractivity contribution >= 4 is 20.9 Å². The van der Waals surface area contributed by atoms with Gasteiger partial charge in [-0.1, -0.05) is 30.3 Å². The van der Waals surface area contributed by atoms with Crippen LogP contribution in [0.4, 0.5) is 4.39 Å². The van der Waals surface area contributed by atoms with E-state index in [4.69, 9.17) is 0 Å². The van der Waals surface area contributed by atoms with E-state index in [-0.39, 0.29) is 23.1 Å². The average Bonchev–Trinajstić information content (AvgIpc) is 3.10. The largest absolute Gasteiger partial charge is 0.233 e. The molecule has 0 bridgehead atoms. The van der Waals surface area contributed by atoms with Crippen LogP contribution in [0.25, 0.3) is 16.6 Å². The van der Waals surface area contributed by atoms with Gasteiger partial charge in [-0.05, 0) is 79.8 Å². The molecule has 180 valence electrons. The molecule has 2 aliphatic rings. The first-order valence-corrected chi connectivity index (χ1v) is 13.5. The first-order chi connectivity index (χ1) is 16.7. The Labute approximate surface area is 205 Å². The van der Waals surface area contributed by atoms with Gasteiger partial charge >= 0.3 is 0 Å². The number of halogens is 1. The summed E-state index contributed by atoms with van der Waals surface area (Å²) in [5.41, 5.74) is 5.08. The highest BCUT2D eigenvalue weighted by Gasteiger charge is 2.71. The third kappa shape index (κ3) is 3.28. The Bertz CT molecular complexity index is 1530. The van der Waals surface area contributed by atoms with Crippen molar-refractivity contribution in [3.05, 3.63) is 95.4 Å². The van der Waals surface area contributed by atoms with Crippen molar-refractivity contribution in [1.29, 1.82) is 0 Å². The predicted octanol–water partition coefficient (Wildman–Crippen LogP) is 5.18. The van der Waals surface area contributed by atoms with E-state index in [2.05, 4.69) is 48.4 Å². The third-order valence-electron chi connectivity index (χ3n) is 7.95. The van der Waals surface area contributed by atoms with Crippen LogP contribution in [0.15, 0.2) is 72.9 Å². The monoisotopic (exact) mass is 489 g/mol. The van der Waals surface area contributed by atoms with Gasteiger partial charge in [0.05, 0.1) is 22.7 Å². The number of aromatic nitrogens is 2. The van der Waals surface area contributed by atoms with E-state index in [1.807, 2.05) is 16.9 Å². The van der Waals surface area contributed by atoms with Crippen molar-refractivity contribution in [3.8, 4) is 5.69 Å². The number of benzene rings is 3. The number of aryl methyl sites for hydroxylation is 1. The highest BCUT2D eigenvalue weighted by atomic mass is 32.2. The zero-order valence-electron chi connectivity index (χ0n) is 20.0. The van der Waals surface area contributed by atoms with Crippen LogP contribution in [-0.2, 0) is 15.4 Å². The van der Waals surface area contributed by atoms with E-state index in [0.29, 0.717) is 13.1 Å². The van der Waals surface area contributed by atoms with E-state index in [1.54, 1.807) is 30.3 Å². The first-order valence-electron chi connectivity index (χ1n) is 12.0. The van der Waals surface area contributed by atoms with Gasteiger partial charge in [-0.25, -0.2) is 21.8 Å². The van der Waals surface area contributed by atoms with Gasteiger partial charge in [0.25, 0.3) is 0 Å². The lowest BCUT2D eigenvalue weighted by atomic mass is 9.87. The number of nitrogens with zero attached hydrogens (tertiary/aromatic N) is 3. The summed E-state index contributed by atoms with van der Waals surface area (Å²) in [7, 11) is -3.34. The minimum atomic E-state index is -3.34. The molecule has 0 unspecified atom stereocenters. The molecule has 1 saturated heterocycles. The number of hydrogen-bond acceptors (Lipinski definition) is 3. The maximum Gasteiger partial charge on any atom is 0.216 e. The molecule has 7 heteroatoms. The molecule has 3 atom stereocenters. The summed E-state index contributed by atoms with van der Waals surface area (Å²) < 4.78 is 43.1. The van der Waals surface area contributed by atoms with E-state index < -0.39 is 15.3 Å². The Balaban J connectivity index is 1.46. The maximum absolute atomic E-state index is 13.4. The summed E-state index contributed by atoms with van der Waals surface area (Å²) in [6.45, 7) is 6.65. The molecule has 0 radical (unpaired) electrons. The first kappa shape index (κ1) is 22.4. The van der Waals surface area contributed by atoms with Gasteiger partial charge in [-0.2, -0.15) is 5.10 Å². The van der Waals surface area contributed by atoms with Crippen molar-refractivity contribution in [2.24, 2.45) is 5.92 Å².